The molecule has 2 aromatic rings. The molecule has 1 spiro atoms. The molecule has 3 aliphatic rings. The third kappa shape index (κ3) is 4.68. The van der Waals surface area contributed by atoms with Gasteiger partial charge in [-0.05, 0) is 62.1 Å². The van der Waals surface area contributed by atoms with Crippen LogP contribution in [-0.2, 0) is 19.1 Å². The number of H-pyrrole nitrogens is 1. The first-order chi connectivity index (χ1) is 17.3. The van der Waals surface area contributed by atoms with Crippen molar-refractivity contribution in [1.29, 1.82) is 0 Å². The van der Waals surface area contributed by atoms with Gasteiger partial charge in [-0.1, -0.05) is 24.1 Å². The van der Waals surface area contributed by atoms with Gasteiger partial charge in [0.2, 0.25) is 11.8 Å². The van der Waals surface area contributed by atoms with Gasteiger partial charge in [0.25, 0.3) is 5.91 Å². The van der Waals surface area contributed by atoms with E-state index >= 15 is 0 Å². The van der Waals surface area contributed by atoms with E-state index < -0.39 is 24.0 Å². The average molecular weight is 515 g/mol. The number of rotatable bonds is 6. The molecule has 3 fully saturated rings. The van der Waals surface area contributed by atoms with E-state index in [1.807, 2.05) is 6.07 Å². The zero-order valence-electron chi connectivity index (χ0n) is 20.3. The fourth-order valence-electron chi connectivity index (χ4n) is 5.88. The van der Waals surface area contributed by atoms with Gasteiger partial charge >= 0.3 is 5.97 Å². The maximum absolute atomic E-state index is 13.6. The predicted molar refractivity (Wildman–Crippen MR) is 133 cm³/mol. The highest BCUT2D eigenvalue weighted by Gasteiger charge is 2.52. The number of hydrogen-bond acceptors (Lipinski definition) is 5. The van der Waals surface area contributed by atoms with Crippen molar-refractivity contribution in [1.82, 2.24) is 20.5 Å². The highest BCUT2D eigenvalue weighted by atomic mass is 35.5. The summed E-state index contributed by atoms with van der Waals surface area (Å²) < 4.78 is 4.93. The summed E-state index contributed by atoms with van der Waals surface area (Å²) in [6, 6.07) is 5.47. The van der Waals surface area contributed by atoms with Crippen molar-refractivity contribution < 1.29 is 23.9 Å². The second kappa shape index (κ2) is 9.76. The van der Waals surface area contributed by atoms with Crippen molar-refractivity contribution in [3.05, 3.63) is 35.0 Å². The summed E-state index contributed by atoms with van der Waals surface area (Å²) in [6.45, 7) is 1.11. The van der Waals surface area contributed by atoms with Crippen LogP contribution in [-0.4, -0.2) is 65.9 Å². The number of benzene rings is 1. The molecule has 1 aliphatic carbocycles. The number of aromatic nitrogens is 1. The Morgan fingerprint density at radius 3 is 2.75 bits per heavy atom. The Morgan fingerprint density at radius 1 is 1.25 bits per heavy atom. The summed E-state index contributed by atoms with van der Waals surface area (Å²) in [4.78, 5) is 56.7. The molecular formula is C26H31ClN4O5. The third-order valence-corrected chi connectivity index (χ3v) is 8.26. The van der Waals surface area contributed by atoms with Gasteiger partial charge in [0.15, 0.2) is 0 Å². The predicted octanol–water partition coefficient (Wildman–Crippen LogP) is 2.78. The van der Waals surface area contributed by atoms with Gasteiger partial charge in [-0.25, -0.2) is 4.79 Å². The molecule has 1 unspecified atom stereocenters. The number of nitrogens with one attached hydrogen (secondary N) is 3. The van der Waals surface area contributed by atoms with Gasteiger partial charge in [-0.2, -0.15) is 0 Å². The highest BCUT2D eigenvalue weighted by molar-refractivity contribution is 6.31. The largest absolute Gasteiger partial charge is 0.467 e. The van der Waals surface area contributed by atoms with Crippen LogP contribution < -0.4 is 10.6 Å². The standard InChI is InChI=1S/C26H31ClN4O5/c1-36-25(35)20(11-16-4-2-9-28-22(16)32)30-23(33)21-13-26(7-3-8-26)14-31(21)24(34)19-10-15-5-6-17(27)12-18(15)29-19/h5-6,10,12,16,20-21,29H,2-4,7-9,11,13-14H2,1H3,(H,28,32)(H,30,33)/t16-,20-,21?/m0/s1. The molecule has 192 valence electrons. The summed E-state index contributed by atoms with van der Waals surface area (Å²) in [6.07, 6.45) is 5.19. The highest BCUT2D eigenvalue weighted by Crippen LogP contribution is 2.50. The van der Waals surface area contributed by atoms with Crippen LogP contribution in [0.3, 0.4) is 0 Å². The van der Waals surface area contributed by atoms with Crippen molar-refractivity contribution >= 4 is 46.2 Å². The number of nitrogens with zero attached hydrogens (tertiary/aromatic N) is 1. The summed E-state index contributed by atoms with van der Waals surface area (Å²) >= 11 is 6.10. The average Bonchev–Trinajstić information content (AvgIpc) is 3.46. The second-order valence-corrected chi connectivity index (χ2v) is 10.8. The zero-order chi connectivity index (χ0) is 25.4. The minimum atomic E-state index is -0.957. The molecule has 3 atom stereocenters. The molecule has 9 nitrogen and oxygen atoms in total. The third-order valence-electron chi connectivity index (χ3n) is 8.02. The topological polar surface area (TPSA) is 121 Å². The fraction of sp³-hybridized carbons (Fsp3) is 0.538. The number of halogens is 1. The first-order valence-corrected chi connectivity index (χ1v) is 12.9. The molecule has 3 heterocycles. The van der Waals surface area contributed by atoms with Crippen LogP contribution >= 0.6 is 11.6 Å². The maximum atomic E-state index is 13.6. The van der Waals surface area contributed by atoms with Crippen LogP contribution in [0, 0.1) is 11.3 Å². The molecule has 5 rings (SSSR count). The molecule has 3 N–H and O–H groups in total. The number of methoxy groups -OCH3 is 1. The zero-order valence-corrected chi connectivity index (χ0v) is 21.0. The molecule has 0 bridgehead atoms. The Kier molecular flexibility index (Phi) is 6.68. The Bertz CT molecular complexity index is 1210. The van der Waals surface area contributed by atoms with Gasteiger partial charge in [0.05, 0.1) is 7.11 Å². The van der Waals surface area contributed by atoms with Gasteiger partial charge in [0.1, 0.15) is 17.8 Å². The summed E-state index contributed by atoms with van der Waals surface area (Å²) in [5, 5.41) is 7.06. The smallest absolute Gasteiger partial charge is 0.328 e. The lowest BCUT2D eigenvalue weighted by Crippen LogP contribution is -2.52. The number of carbonyl (C=O) groups is 4. The monoisotopic (exact) mass is 514 g/mol. The minimum Gasteiger partial charge on any atom is -0.467 e. The number of hydrogen-bond donors (Lipinski definition) is 3. The van der Waals surface area contributed by atoms with Crippen LogP contribution in [0.5, 0.6) is 0 Å². The normalized spacial score (nSPS) is 23.7. The van der Waals surface area contributed by atoms with E-state index in [-0.39, 0.29) is 29.6 Å². The van der Waals surface area contributed by atoms with Crippen molar-refractivity contribution in [2.45, 2.75) is 57.0 Å². The molecule has 36 heavy (non-hydrogen) atoms. The quantitative estimate of drug-likeness (QED) is 0.512. The van der Waals surface area contributed by atoms with Crippen LogP contribution in [0.15, 0.2) is 24.3 Å². The lowest BCUT2D eigenvalue weighted by atomic mass is 9.67. The van der Waals surface area contributed by atoms with Crippen molar-refractivity contribution in [2.75, 3.05) is 20.2 Å². The minimum absolute atomic E-state index is 0.0724. The number of fused-ring (bicyclic) bond motifs is 1. The lowest BCUT2D eigenvalue weighted by molar-refractivity contribution is -0.146. The Morgan fingerprint density at radius 2 is 2.06 bits per heavy atom. The number of likely N-dealkylation sites (tertiary alicyclic amines) is 1. The van der Waals surface area contributed by atoms with Crippen molar-refractivity contribution in [2.24, 2.45) is 11.3 Å². The van der Waals surface area contributed by atoms with Gasteiger partial charge < -0.3 is 25.3 Å². The van der Waals surface area contributed by atoms with Crippen LogP contribution in [0.25, 0.3) is 10.9 Å². The van der Waals surface area contributed by atoms with E-state index in [1.54, 1.807) is 23.1 Å². The van der Waals surface area contributed by atoms with Crippen molar-refractivity contribution in [3.63, 3.8) is 0 Å². The Labute approximate surface area is 214 Å². The molecule has 0 radical (unpaired) electrons. The first kappa shape index (κ1) is 24.6. The second-order valence-electron chi connectivity index (χ2n) is 10.4. The van der Waals surface area contributed by atoms with Gasteiger partial charge in [0, 0.05) is 34.9 Å². The van der Waals surface area contributed by atoms with E-state index in [9.17, 15) is 19.2 Å². The number of aromatic amines is 1. The van der Waals surface area contributed by atoms with Gasteiger partial charge in [-0.3, -0.25) is 14.4 Å². The SMILES string of the molecule is COC(=O)[C@H](C[C@@H]1CCCNC1=O)NC(=O)C1CC2(CCC2)CN1C(=O)c1cc2ccc(Cl)cc2[nH]1. The van der Waals surface area contributed by atoms with E-state index in [1.165, 1.54) is 7.11 Å². The molecule has 1 aromatic carbocycles. The maximum Gasteiger partial charge on any atom is 0.328 e. The van der Waals surface area contributed by atoms with Gasteiger partial charge in [-0.15, -0.1) is 0 Å². The van der Waals surface area contributed by atoms with E-state index in [0.717, 1.165) is 36.6 Å². The molecule has 2 aliphatic heterocycles. The molecule has 2 saturated heterocycles. The van der Waals surface area contributed by atoms with Crippen LogP contribution in [0.2, 0.25) is 5.02 Å². The number of ether oxygens (including phenoxy) is 1. The first-order valence-electron chi connectivity index (χ1n) is 12.5. The van der Waals surface area contributed by atoms with E-state index in [4.69, 9.17) is 16.3 Å². The number of carbonyl (C=O) groups excluding carboxylic acids is 4. The van der Waals surface area contributed by atoms with Crippen molar-refractivity contribution in [3.8, 4) is 0 Å². The Hall–Kier alpha value is -3.07. The summed E-state index contributed by atoms with van der Waals surface area (Å²) in [5.41, 5.74) is 1.07. The Balaban J connectivity index is 1.36. The van der Waals surface area contributed by atoms with E-state index in [2.05, 4.69) is 15.6 Å². The molecule has 3 amide bonds. The van der Waals surface area contributed by atoms with Crippen LogP contribution in [0.1, 0.15) is 55.4 Å². The summed E-state index contributed by atoms with van der Waals surface area (Å²) in [5.74, 6) is -1.73. The number of piperidine rings is 1. The number of amides is 3. The summed E-state index contributed by atoms with van der Waals surface area (Å²) in [7, 11) is 1.26. The number of esters is 1. The van der Waals surface area contributed by atoms with Crippen LogP contribution in [0.4, 0.5) is 0 Å². The molecule has 1 saturated carbocycles. The molecule has 10 heteroatoms. The lowest BCUT2D eigenvalue weighted by Gasteiger charge is -2.37. The molecular weight excluding hydrogens is 484 g/mol. The fourth-order valence-corrected chi connectivity index (χ4v) is 6.05. The molecule has 1 aromatic heterocycles. The van der Waals surface area contributed by atoms with E-state index in [0.29, 0.717) is 36.6 Å².